The molecule has 0 aliphatic heterocycles. The van der Waals surface area contributed by atoms with Crippen LogP contribution in [-0.4, -0.2) is 25.0 Å². The summed E-state index contributed by atoms with van der Waals surface area (Å²) in [6.45, 7) is 0. The van der Waals surface area contributed by atoms with Crippen LogP contribution in [0.5, 0.6) is 5.75 Å². The molecule has 3 rings (SSSR count). The molecule has 0 saturated heterocycles. The van der Waals surface area contributed by atoms with Gasteiger partial charge in [-0.2, -0.15) is 0 Å². The minimum absolute atomic E-state index is 0.0548. The number of carbonyl (C=O) groups excluding carboxylic acids is 2. The Hall–Kier alpha value is -3.08. The maximum absolute atomic E-state index is 12.3. The van der Waals surface area contributed by atoms with E-state index in [2.05, 4.69) is 10.6 Å². The number of methoxy groups -OCH3 is 1. The molecular weight excluding hydrogens is 352 g/mol. The Labute approximate surface area is 165 Å². The van der Waals surface area contributed by atoms with Crippen molar-refractivity contribution < 1.29 is 14.3 Å². The lowest BCUT2D eigenvalue weighted by atomic mass is 9.95. The molecule has 5 nitrogen and oxygen atoms in total. The first-order valence-electron chi connectivity index (χ1n) is 9.69. The van der Waals surface area contributed by atoms with Crippen molar-refractivity contribution in [3.63, 3.8) is 0 Å². The molecule has 28 heavy (non-hydrogen) atoms. The van der Waals surface area contributed by atoms with Crippen molar-refractivity contribution in [3.8, 4) is 5.75 Å². The van der Waals surface area contributed by atoms with Gasteiger partial charge in [0.05, 0.1) is 7.11 Å². The van der Waals surface area contributed by atoms with Crippen LogP contribution in [0.15, 0.2) is 54.6 Å². The second-order valence-corrected chi connectivity index (χ2v) is 6.95. The summed E-state index contributed by atoms with van der Waals surface area (Å²) in [4.78, 5) is 24.5. The van der Waals surface area contributed by atoms with Crippen LogP contribution >= 0.6 is 0 Å². The summed E-state index contributed by atoms with van der Waals surface area (Å²) in [7, 11) is 1.60. The summed E-state index contributed by atoms with van der Waals surface area (Å²) in [5, 5.41) is 5.89. The molecule has 2 aromatic rings. The number of amides is 2. The van der Waals surface area contributed by atoms with Crippen molar-refractivity contribution in [2.45, 2.75) is 38.1 Å². The van der Waals surface area contributed by atoms with E-state index in [1.54, 1.807) is 37.5 Å². The summed E-state index contributed by atoms with van der Waals surface area (Å²) < 4.78 is 5.27. The van der Waals surface area contributed by atoms with Crippen molar-refractivity contribution in [3.05, 3.63) is 65.7 Å². The zero-order valence-corrected chi connectivity index (χ0v) is 16.1. The second-order valence-electron chi connectivity index (χ2n) is 6.95. The van der Waals surface area contributed by atoms with Crippen LogP contribution in [0.4, 0.5) is 5.69 Å². The summed E-state index contributed by atoms with van der Waals surface area (Å²) >= 11 is 0. The van der Waals surface area contributed by atoms with E-state index in [9.17, 15) is 9.59 Å². The fourth-order valence-corrected chi connectivity index (χ4v) is 3.37. The summed E-state index contributed by atoms with van der Waals surface area (Å²) in [6, 6.07) is 14.7. The average Bonchev–Trinajstić information content (AvgIpc) is 2.73. The van der Waals surface area contributed by atoms with E-state index < -0.39 is 0 Å². The number of carbonyl (C=O) groups is 2. The molecule has 0 heterocycles. The molecule has 5 heteroatoms. The monoisotopic (exact) mass is 378 g/mol. The van der Waals surface area contributed by atoms with Gasteiger partial charge in [0.15, 0.2) is 0 Å². The first kappa shape index (κ1) is 19.7. The highest BCUT2D eigenvalue weighted by atomic mass is 16.5. The van der Waals surface area contributed by atoms with E-state index in [1.807, 2.05) is 24.3 Å². The smallest absolute Gasteiger partial charge is 0.251 e. The Kier molecular flexibility index (Phi) is 6.84. The highest BCUT2D eigenvalue weighted by molar-refractivity contribution is 6.02. The fourth-order valence-electron chi connectivity index (χ4n) is 3.37. The first-order valence-corrected chi connectivity index (χ1v) is 9.69. The molecular formula is C23H26N2O3. The molecule has 2 N–H and O–H groups in total. The number of anilines is 1. The molecule has 2 amide bonds. The van der Waals surface area contributed by atoms with Crippen LogP contribution in [0.3, 0.4) is 0 Å². The number of para-hydroxylation sites is 1. The van der Waals surface area contributed by atoms with Gasteiger partial charge in [-0.25, -0.2) is 0 Å². The Bertz CT molecular complexity index is 837. The van der Waals surface area contributed by atoms with Gasteiger partial charge in [-0.3, -0.25) is 9.59 Å². The number of hydrogen-bond acceptors (Lipinski definition) is 3. The van der Waals surface area contributed by atoms with Crippen LogP contribution in [0, 0.1) is 0 Å². The molecule has 0 radical (unpaired) electrons. The molecule has 2 aromatic carbocycles. The Balaban J connectivity index is 1.55. The molecule has 0 bridgehead atoms. The third-order valence-electron chi connectivity index (χ3n) is 4.91. The number of ether oxygens (including phenoxy) is 1. The average molecular weight is 378 g/mol. The van der Waals surface area contributed by atoms with Crippen molar-refractivity contribution in [2.75, 3.05) is 12.4 Å². The molecule has 0 unspecified atom stereocenters. The number of rotatable bonds is 6. The van der Waals surface area contributed by atoms with Crippen molar-refractivity contribution >= 4 is 23.6 Å². The first-order chi connectivity index (χ1) is 13.7. The second kappa shape index (κ2) is 9.74. The Morgan fingerprint density at radius 3 is 2.43 bits per heavy atom. The summed E-state index contributed by atoms with van der Waals surface area (Å²) in [5.74, 6) is 0.408. The van der Waals surface area contributed by atoms with Gasteiger partial charge in [-0.05, 0) is 49.2 Å². The van der Waals surface area contributed by atoms with Gasteiger partial charge in [0.25, 0.3) is 5.91 Å². The van der Waals surface area contributed by atoms with E-state index in [1.165, 1.54) is 25.3 Å². The quantitative estimate of drug-likeness (QED) is 0.732. The minimum Gasteiger partial charge on any atom is -0.496 e. The van der Waals surface area contributed by atoms with Crippen LogP contribution in [0.2, 0.25) is 0 Å². The topological polar surface area (TPSA) is 67.4 Å². The van der Waals surface area contributed by atoms with Crippen LogP contribution < -0.4 is 15.4 Å². The lowest BCUT2D eigenvalue weighted by Gasteiger charge is -2.22. The summed E-state index contributed by atoms with van der Waals surface area (Å²) in [6.07, 6.45) is 8.89. The van der Waals surface area contributed by atoms with Crippen LogP contribution in [0.25, 0.3) is 6.08 Å². The molecule has 0 atom stereocenters. The maximum Gasteiger partial charge on any atom is 0.251 e. The molecule has 0 spiro atoms. The minimum atomic E-state index is -0.245. The van der Waals surface area contributed by atoms with Gasteiger partial charge < -0.3 is 15.4 Å². The lowest BCUT2D eigenvalue weighted by molar-refractivity contribution is -0.111. The van der Waals surface area contributed by atoms with E-state index in [0.29, 0.717) is 17.0 Å². The highest BCUT2D eigenvalue weighted by Crippen LogP contribution is 2.19. The van der Waals surface area contributed by atoms with E-state index in [4.69, 9.17) is 4.74 Å². The van der Waals surface area contributed by atoms with Gasteiger partial charge >= 0.3 is 0 Å². The van der Waals surface area contributed by atoms with Gasteiger partial charge in [-0.1, -0.05) is 37.5 Å². The van der Waals surface area contributed by atoms with Gasteiger partial charge in [0.1, 0.15) is 5.75 Å². The predicted octanol–water partition coefficient (Wildman–Crippen LogP) is 4.41. The molecule has 1 fully saturated rings. The molecule has 0 aromatic heterocycles. The third-order valence-corrected chi connectivity index (χ3v) is 4.91. The van der Waals surface area contributed by atoms with Crippen LogP contribution in [-0.2, 0) is 4.79 Å². The molecule has 146 valence electrons. The maximum atomic E-state index is 12.3. The molecule has 1 aliphatic rings. The normalized spacial score (nSPS) is 14.6. The van der Waals surface area contributed by atoms with Gasteiger partial charge in [0.2, 0.25) is 5.91 Å². The zero-order chi connectivity index (χ0) is 19.8. The SMILES string of the molecule is COc1ccccc1/C=C/C(=O)Nc1ccc(C(=O)NC2CCCCC2)cc1. The van der Waals surface area contributed by atoms with Crippen LogP contribution in [0.1, 0.15) is 48.0 Å². The van der Waals surface area contributed by atoms with Gasteiger partial charge in [-0.15, -0.1) is 0 Å². The van der Waals surface area contributed by atoms with Crippen molar-refractivity contribution in [1.82, 2.24) is 5.32 Å². The van der Waals surface area contributed by atoms with Crippen molar-refractivity contribution in [2.24, 2.45) is 0 Å². The van der Waals surface area contributed by atoms with E-state index in [-0.39, 0.29) is 17.9 Å². The van der Waals surface area contributed by atoms with Gasteiger partial charge in [0, 0.05) is 28.9 Å². The van der Waals surface area contributed by atoms with E-state index in [0.717, 1.165) is 18.4 Å². The molecule has 1 saturated carbocycles. The Morgan fingerprint density at radius 1 is 1.00 bits per heavy atom. The lowest BCUT2D eigenvalue weighted by Crippen LogP contribution is -2.36. The highest BCUT2D eigenvalue weighted by Gasteiger charge is 2.16. The van der Waals surface area contributed by atoms with E-state index >= 15 is 0 Å². The molecule has 1 aliphatic carbocycles. The zero-order valence-electron chi connectivity index (χ0n) is 16.1. The Morgan fingerprint density at radius 2 is 1.71 bits per heavy atom. The number of nitrogens with one attached hydrogen (secondary N) is 2. The largest absolute Gasteiger partial charge is 0.496 e. The number of hydrogen-bond donors (Lipinski definition) is 2. The number of benzene rings is 2. The summed E-state index contributed by atoms with van der Waals surface area (Å²) in [5.41, 5.74) is 2.08. The predicted molar refractivity (Wildman–Crippen MR) is 111 cm³/mol. The third kappa shape index (κ3) is 5.46. The fraction of sp³-hybridized carbons (Fsp3) is 0.304. The van der Waals surface area contributed by atoms with Crippen molar-refractivity contribution in [1.29, 1.82) is 0 Å². The standard InChI is InChI=1S/C23H26N2O3/c1-28-21-10-6-5-7-17(21)13-16-22(26)24-20-14-11-18(12-15-20)23(27)25-19-8-3-2-4-9-19/h5-7,10-16,19H,2-4,8-9H2,1H3,(H,24,26)(H,25,27)/b16-13+.